The van der Waals surface area contributed by atoms with E-state index >= 15 is 0 Å². The van der Waals surface area contributed by atoms with Gasteiger partial charge in [-0.05, 0) is 25.2 Å². The molecule has 1 N–H and O–H groups in total. The molecule has 2 atom stereocenters. The first-order valence-electron chi connectivity index (χ1n) is 8.12. The Balaban J connectivity index is 1.47. The van der Waals surface area contributed by atoms with Crippen molar-refractivity contribution in [3.63, 3.8) is 0 Å². The van der Waals surface area contributed by atoms with Crippen LogP contribution in [0.1, 0.15) is 56.2 Å². The number of carbonyl (C=O) groups excluding carboxylic acids is 1. The van der Waals surface area contributed by atoms with Gasteiger partial charge in [0.05, 0.1) is 10.7 Å². The third kappa shape index (κ3) is 3.64. The van der Waals surface area contributed by atoms with E-state index in [2.05, 4.69) is 17.6 Å². The lowest BCUT2D eigenvalue weighted by molar-refractivity contribution is -0.132. The second kappa shape index (κ2) is 6.44. The van der Waals surface area contributed by atoms with Crippen LogP contribution in [0.15, 0.2) is 5.38 Å². The molecule has 0 unspecified atom stereocenters. The van der Waals surface area contributed by atoms with Gasteiger partial charge < -0.3 is 10.2 Å². The van der Waals surface area contributed by atoms with E-state index in [-0.39, 0.29) is 5.91 Å². The molecule has 0 aromatic carbocycles. The van der Waals surface area contributed by atoms with Crippen molar-refractivity contribution < 1.29 is 4.79 Å². The van der Waals surface area contributed by atoms with E-state index in [9.17, 15) is 4.79 Å². The van der Waals surface area contributed by atoms with Gasteiger partial charge in [-0.15, -0.1) is 11.3 Å². The Kier molecular flexibility index (Phi) is 4.60. The van der Waals surface area contributed by atoms with Gasteiger partial charge in [0, 0.05) is 43.4 Å². The van der Waals surface area contributed by atoms with Gasteiger partial charge in [-0.3, -0.25) is 4.79 Å². The lowest BCUT2D eigenvalue weighted by atomic mass is 9.93. The van der Waals surface area contributed by atoms with Crippen molar-refractivity contribution in [2.45, 2.75) is 58.0 Å². The number of thiazole rings is 1. The molecule has 1 aliphatic carbocycles. The van der Waals surface area contributed by atoms with Crippen LogP contribution >= 0.6 is 11.3 Å². The first-order chi connectivity index (χ1) is 10.2. The van der Waals surface area contributed by atoms with Crippen LogP contribution in [0.3, 0.4) is 0 Å². The predicted molar refractivity (Wildman–Crippen MR) is 85.4 cm³/mol. The van der Waals surface area contributed by atoms with E-state index in [1.165, 1.54) is 23.5 Å². The van der Waals surface area contributed by atoms with Crippen LogP contribution in [0.25, 0.3) is 0 Å². The molecule has 3 rings (SSSR count). The summed E-state index contributed by atoms with van der Waals surface area (Å²) in [5, 5.41) is 7.16. The molecule has 2 heterocycles. The third-order valence-electron chi connectivity index (χ3n) is 4.60. The fourth-order valence-electron chi connectivity index (χ4n) is 3.06. The van der Waals surface area contributed by atoms with Crippen LogP contribution in [0.2, 0.25) is 0 Å². The van der Waals surface area contributed by atoms with E-state index in [0.29, 0.717) is 18.4 Å². The number of hydrogen-bond acceptors (Lipinski definition) is 4. The van der Waals surface area contributed by atoms with Crippen LogP contribution in [-0.2, 0) is 11.3 Å². The first-order valence-corrected chi connectivity index (χ1v) is 9.00. The zero-order valence-corrected chi connectivity index (χ0v) is 13.8. The highest BCUT2D eigenvalue weighted by atomic mass is 32.1. The summed E-state index contributed by atoms with van der Waals surface area (Å²) >= 11 is 1.81. The van der Waals surface area contributed by atoms with Gasteiger partial charge in [-0.2, -0.15) is 0 Å². The highest BCUT2D eigenvalue weighted by Gasteiger charge is 2.29. The largest absolute Gasteiger partial charge is 0.342 e. The Morgan fingerprint density at radius 1 is 1.48 bits per heavy atom. The van der Waals surface area contributed by atoms with Gasteiger partial charge in [0.15, 0.2) is 0 Å². The van der Waals surface area contributed by atoms with Crippen molar-refractivity contribution in [2.75, 3.05) is 13.1 Å². The molecule has 2 fully saturated rings. The summed E-state index contributed by atoms with van der Waals surface area (Å²) in [5.41, 5.74) is 1.18. The summed E-state index contributed by atoms with van der Waals surface area (Å²) in [5.74, 6) is 1.55. The van der Waals surface area contributed by atoms with Crippen molar-refractivity contribution in [2.24, 2.45) is 5.92 Å². The van der Waals surface area contributed by atoms with Gasteiger partial charge in [0.25, 0.3) is 0 Å². The number of rotatable bonds is 5. The van der Waals surface area contributed by atoms with Crippen molar-refractivity contribution in [1.29, 1.82) is 0 Å². The zero-order valence-electron chi connectivity index (χ0n) is 13.0. The van der Waals surface area contributed by atoms with Gasteiger partial charge in [0.2, 0.25) is 5.91 Å². The molecule has 0 radical (unpaired) electrons. The minimum Gasteiger partial charge on any atom is -0.342 e. The molecule has 21 heavy (non-hydrogen) atoms. The predicted octanol–water partition coefficient (Wildman–Crippen LogP) is 2.76. The van der Waals surface area contributed by atoms with Crippen LogP contribution in [0.4, 0.5) is 0 Å². The van der Waals surface area contributed by atoms with Gasteiger partial charge >= 0.3 is 0 Å². The lowest BCUT2D eigenvalue weighted by Crippen LogP contribution is -2.49. The highest BCUT2D eigenvalue weighted by molar-refractivity contribution is 7.09. The molecule has 2 aliphatic rings. The molecule has 116 valence electrons. The topological polar surface area (TPSA) is 45.2 Å². The Morgan fingerprint density at radius 2 is 2.29 bits per heavy atom. The monoisotopic (exact) mass is 307 g/mol. The third-order valence-corrected chi connectivity index (χ3v) is 5.66. The quantitative estimate of drug-likeness (QED) is 0.910. The summed E-state index contributed by atoms with van der Waals surface area (Å²) in [4.78, 5) is 18.5. The second-order valence-electron chi connectivity index (χ2n) is 6.40. The smallest absolute Gasteiger partial charge is 0.222 e. The van der Waals surface area contributed by atoms with Crippen LogP contribution < -0.4 is 5.32 Å². The molecule has 4 nitrogen and oxygen atoms in total. The van der Waals surface area contributed by atoms with E-state index in [1.807, 2.05) is 23.2 Å². The molecule has 1 amide bonds. The number of nitrogens with one attached hydrogen (secondary N) is 1. The molecule has 1 saturated carbocycles. The zero-order chi connectivity index (χ0) is 14.8. The molecule has 1 saturated heterocycles. The number of carbonyl (C=O) groups is 1. The Hall–Kier alpha value is -0.940. The summed E-state index contributed by atoms with van der Waals surface area (Å²) in [6, 6.07) is 0.497. The van der Waals surface area contributed by atoms with Crippen molar-refractivity contribution in [3.8, 4) is 0 Å². The number of piperidine rings is 1. The molecule has 0 spiro atoms. The van der Waals surface area contributed by atoms with Crippen molar-refractivity contribution >= 4 is 17.2 Å². The fraction of sp³-hybridized carbons (Fsp3) is 0.750. The average Bonchev–Trinajstić information content (AvgIpc) is 3.24. The maximum absolute atomic E-state index is 11.8. The standard InChI is InChI=1S/C16H25N3OS/c1-3-15(20)19-7-6-14(11(2)9-19)17-8-13-10-21-16(18-13)12-4-5-12/h10-12,14,17H,3-9H2,1-2H3/t11-,14+/m0/s1. The van der Waals surface area contributed by atoms with E-state index in [0.717, 1.165) is 32.0 Å². The molecule has 0 bridgehead atoms. The highest BCUT2D eigenvalue weighted by Crippen LogP contribution is 2.41. The number of likely N-dealkylation sites (tertiary alicyclic amines) is 1. The lowest BCUT2D eigenvalue weighted by Gasteiger charge is -2.37. The first kappa shape index (κ1) is 15.0. The number of amides is 1. The van der Waals surface area contributed by atoms with E-state index in [1.54, 1.807) is 0 Å². The minimum absolute atomic E-state index is 0.286. The molecule has 1 aromatic rings. The van der Waals surface area contributed by atoms with Gasteiger partial charge in [-0.25, -0.2) is 4.98 Å². The molecule has 5 heteroatoms. The average molecular weight is 307 g/mol. The number of hydrogen-bond donors (Lipinski definition) is 1. The second-order valence-corrected chi connectivity index (χ2v) is 7.29. The number of aromatic nitrogens is 1. The number of nitrogens with zero attached hydrogens (tertiary/aromatic N) is 2. The van der Waals surface area contributed by atoms with Crippen LogP contribution in [0.5, 0.6) is 0 Å². The van der Waals surface area contributed by atoms with Crippen molar-refractivity contribution in [3.05, 3.63) is 16.1 Å². The molecule has 1 aliphatic heterocycles. The summed E-state index contributed by atoms with van der Waals surface area (Å²) in [7, 11) is 0. The van der Waals surface area contributed by atoms with Gasteiger partial charge in [0.1, 0.15) is 0 Å². The minimum atomic E-state index is 0.286. The SMILES string of the molecule is CCC(=O)N1CC[C@@H](NCc2csc(C3CC3)n2)[C@@H](C)C1. The van der Waals surface area contributed by atoms with E-state index < -0.39 is 0 Å². The van der Waals surface area contributed by atoms with Crippen LogP contribution in [-0.4, -0.2) is 34.9 Å². The molecule has 1 aromatic heterocycles. The van der Waals surface area contributed by atoms with Gasteiger partial charge in [-0.1, -0.05) is 13.8 Å². The Bertz CT molecular complexity index is 497. The maximum Gasteiger partial charge on any atom is 0.222 e. The Morgan fingerprint density at radius 3 is 2.95 bits per heavy atom. The molecular formula is C16H25N3OS. The maximum atomic E-state index is 11.8. The summed E-state index contributed by atoms with van der Waals surface area (Å²) in [6.07, 6.45) is 4.31. The Labute approximate surface area is 130 Å². The molecular weight excluding hydrogens is 282 g/mol. The fourth-order valence-corrected chi connectivity index (χ4v) is 4.05. The normalized spacial score (nSPS) is 26.1. The van der Waals surface area contributed by atoms with Crippen molar-refractivity contribution in [1.82, 2.24) is 15.2 Å². The van der Waals surface area contributed by atoms with E-state index in [4.69, 9.17) is 4.98 Å². The summed E-state index contributed by atoms with van der Waals surface area (Å²) < 4.78 is 0. The van der Waals surface area contributed by atoms with Crippen LogP contribution in [0, 0.1) is 5.92 Å². The summed E-state index contributed by atoms with van der Waals surface area (Å²) in [6.45, 7) is 6.81.